The van der Waals surface area contributed by atoms with Gasteiger partial charge in [-0.3, -0.25) is 29.1 Å². The number of rotatable bonds is 5. The Morgan fingerprint density at radius 2 is 1.62 bits per heavy atom. The summed E-state index contributed by atoms with van der Waals surface area (Å²) >= 11 is 3.28. The van der Waals surface area contributed by atoms with Gasteiger partial charge in [-0.05, 0) is 47.0 Å². The number of halogens is 1. The highest BCUT2D eigenvalue weighted by molar-refractivity contribution is 9.10. The fraction of sp³-hybridized carbons (Fsp3) is 0.350. The van der Waals surface area contributed by atoms with Gasteiger partial charge in [-0.25, -0.2) is 0 Å². The Morgan fingerprint density at radius 3 is 2.21 bits per heavy atom. The lowest BCUT2D eigenvalue weighted by atomic mass is 10.0. The molecule has 2 aromatic rings. The average molecular weight is 462 g/mol. The minimum absolute atomic E-state index is 0.135. The number of aromatic nitrogens is 1. The zero-order valence-electron chi connectivity index (χ0n) is 15.6. The first kappa shape index (κ1) is 20.9. The Kier molecular flexibility index (Phi) is 6.58. The number of likely N-dealkylation sites (tertiary alicyclic amines) is 1. The fourth-order valence-electron chi connectivity index (χ4n) is 3.41. The van der Waals surface area contributed by atoms with Crippen molar-refractivity contribution in [2.75, 3.05) is 13.1 Å². The quantitative estimate of drug-likeness (QED) is 0.294. The van der Waals surface area contributed by atoms with Crippen molar-refractivity contribution in [2.24, 2.45) is 0 Å². The van der Waals surface area contributed by atoms with E-state index in [0.717, 1.165) is 30.3 Å². The van der Waals surface area contributed by atoms with Gasteiger partial charge in [0.2, 0.25) is 0 Å². The number of carbonyl (C=O) groups is 2. The largest absolute Gasteiger partial charge is 0.340 e. The summed E-state index contributed by atoms with van der Waals surface area (Å²) in [4.78, 5) is 51.0. The van der Waals surface area contributed by atoms with Gasteiger partial charge < -0.3 is 4.90 Å². The summed E-state index contributed by atoms with van der Waals surface area (Å²) in [5, 5.41) is 10.9. The molecule has 1 unspecified atom stereocenters. The molecule has 1 aliphatic heterocycles. The molecule has 1 aliphatic rings. The highest BCUT2D eigenvalue weighted by Crippen LogP contribution is 2.22. The lowest BCUT2D eigenvalue weighted by Gasteiger charge is -2.26. The van der Waals surface area contributed by atoms with E-state index in [1.54, 1.807) is 11.0 Å². The summed E-state index contributed by atoms with van der Waals surface area (Å²) in [7, 11) is 0. The van der Waals surface area contributed by atoms with Crippen LogP contribution in [0.15, 0.2) is 51.9 Å². The van der Waals surface area contributed by atoms with E-state index in [0.29, 0.717) is 17.6 Å². The average Bonchev–Trinajstić information content (AvgIpc) is 3.00. The number of amides is 1. The Labute approximate surface area is 175 Å². The second-order valence-corrected chi connectivity index (χ2v) is 7.82. The van der Waals surface area contributed by atoms with E-state index in [2.05, 4.69) is 15.9 Å². The zero-order valence-corrected chi connectivity index (χ0v) is 17.2. The Morgan fingerprint density at radius 1 is 1.00 bits per heavy atom. The van der Waals surface area contributed by atoms with Crippen LogP contribution in [0, 0.1) is 10.1 Å². The number of benzene rings is 1. The number of non-ortho nitro benzene ring substituents is 1. The first-order valence-corrected chi connectivity index (χ1v) is 10.1. The van der Waals surface area contributed by atoms with Crippen LogP contribution in [0.3, 0.4) is 0 Å². The number of pyridine rings is 1. The van der Waals surface area contributed by atoms with E-state index in [9.17, 15) is 24.5 Å². The molecule has 29 heavy (non-hydrogen) atoms. The smallest absolute Gasteiger partial charge is 0.269 e. The number of nitro benzene ring substituents is 1. The van der Waals surface area contributed by atoms with Crippen molar-refractivity contribution >= 4 is 33.3 Å². The standard InChI is InChI=1S/C20H20BrN3O5/c21-15-7-10-17(25)23(13-15)18(20(27)22-11-3-1-2-4-12-22)19(26)14-5-8-16(9-6-14)24(28)29/h5-10,13,18H,1-4,11-12H2. The molecule has 1 atom stereocenters. The molecule has 0 spiro atoms. The Hall–Kier alpha value is -2.81. The van der Waals surface area contributed by atoms with Gasteiger partial charge in [0, 0.05) is 47.5 Å². The monoisotopic (exact) mass is 461 g/mol. The maximum atomic E-state index is 13.3. The molecule has 0 bridgehead atoms. The van der Waals surface area contributed by atoms with Gasteiger partial charge in [-0.15, -0.1) is 0 Å². The molecule has 0 radical (unpaired) electrons. The summed E-state index contributed by atoms with van der Waals surface area (Å²) < 4.78 is 1.68. The van der Waals surface area contributed by atoms with Crippen LogP contribution in [0.4, 0.5) is 5.69 Å². The first-order valence-electron chi connectivity index (χ1n) is 9.33. The Bertz CT molecular complexity index is 978. The SMILES string of the molecule is O=C(c1ccc([N+](=O)[O-])cc1)C(C(=O)N1CCCCCC1)n1cc(Br)ccc1=O. The third kappa shape index (κ3) is 4.79. The minimum atomic E-state index is -1.36. The van der Waals surface area contributed by atoms with Crippen LogP contribution in [0.5, 0.6) is 0 Å². The molecule has 152 valence electrons. The van der Waals surface area contributed by atoms with Gasteiger partial charge in [-0.1, -0.05) is 12.8 Å². The van der Waals surface area contributed by atoms with Crippen LogP contribution < -0.4 is 5.56 Å². The van der Waals surface area contributed by atoms with Gasteiger partial charge in [-0.2, -0.15) is 0 Å². The van der Waals surface area contributed by atoms with Crippen LogP contribution >= 0.6 is 15.9 Å². The molecule has 2 heterocycles. The van der Waals surface area contributed by atoms with E-state index < -0.39 is 28.2 Å². The molecular weight excluding hydrogens is 442 g/mol. The molecule has 0 aliphatic carbocycles. The van der Waals surface area contributed by atoms with Crippen molar-refractivity contribution in [1.29, 1.82) is 0 Å². The predicted molar refractivity (Wildman–Crippen MR) is 110 cm³/mol. The number of hydrogen-bond donors (Lipinski definition) is 0. The highest BCUT2D eigenvalue weighted by Gasteiger charge is 2.34. The molecule has 1 amide bonds. The second kappa shape index (κ2) is 9.13. The third-order valence-corrected chi connectivity index (χ3v) is 5.41. The molecule has 1 aromatic heterocycles. The van der Waals surface area contributed by atoms with Crippen LogP contribution in [0.25, 0.3) is 0 Å². The predicted octanol–water partition coefficient (Wildman–Crippen LogP) is 3.35. The molecule has 8 nitrogen and oxygen atoms in total. The van der Waals surface area contributed by atoms with Crippen molar-refractivity contribution in [3.63, 3.8) is 0 Å². The molecule has 0 N–H and O–H groups in total. The molecule has 3 rings (SSSR count). The normalized spacial score (nSPS) is 15.4. The summed E-state index contributed by atoms with van der Waals surface area (Å²) in [5.41, 5.74) is -0.496. The highest BCUT2D eigenvalue weighted by atomic mass is 79.9. The van der Waals surface area contributed by atoms with E-state index in [1.165, 1.54) is 36.5 Å². The number of nitro groups is 1. The van der Waals surface area contributed by atoms with Gasteiger partial charge >= 0.3 is 0 Å². The van der Waals surface area contributed by atoms with E-state index >= 15 is 0 Å². The Balaban J connectivity index is 2.03. The third-order valence-electron chi connectivity index (χ3n) is 4.94. The summed E-state index contributed by atoms with van der Waals surface area (Å²) in [6.07, 6.45) is 5.14. The van der Waals surface area contributed by atoms with Crippen molar-refractivity contribution in [2.45, 2.75) is 31.7 Å². The maximum Gasteiger partial charge on any atom is 0.269 e. The molecule has 0 saturated carbocycles. The van der Waals surface area contributed by atoms with E-state index in [4.69, 9.17) is 0 Å². The lowest BCUT2D eigenvalue weighted by molar-refractivity contribution is -0.384. The van der Waals surface area contributed by atoms with Crippen molar-refractivity contribution in [1.82, 2.24) is 9.47 Å². The minimum Gasteiger partial charge on any atom is -0.340 e. The van der Waals surface area contributed by atoms with Gasteiger partial charge in [0.05, 0.1) is 4.92 Å². The molecule has 1 fully saturated rings. The molecule has 9 heteroatoms. The van der Waals surface area contributed by atoms with Crippen LogP contribution in [-0.2, 0) is 4.79 Å². The summed E-state index contributed by atoms with van der Waals surface area (Å²) in [6.45, 7) is 1.07. The van der Waals surface area contributed by atoms with Crippen molar-refractivity contribution in [3.05, 3.63) is 73.1 Å². The fourth-order valence-corrected chi connectivity index (χ4v) is 3.76. The number of ketones is 1. The van der Waals surface area contributed by atoms with E-state index in [1.807, 2.05) is 0 Å². The molecular formula is C20H20BrN3O5. The van der Waals surface area contributed by atoms with Gasteiger partial charge in [0.15, 0.2) is 11.8 Å². The number of hydrogen-bond acceptors (Lipinski definition) is 5. The van der Waals surface area contributed by atoms with Crippen LogP contribution in [0.1, 0.15) is 42.1 Å². The molecule has 1 aromatic carbocycles. The zero-order chi connectivity index (χ0) is 21.0. The molecule has 1 saturated heterocycles. The topological polar surface area (TPSA) is 103 Å². The summed E-state index contributed by atoms with van der Waals surface area (Å²) in [5.74, 6) is -1.01. The summed E-state index contributed by atoms with van der Waals surface area (Å²) in [6, 6.07) is 6.52. The van der Waals surface area contributed by atoms with Crippen molar-refractivity contribution < 1.29 is 14.5 Å². The lowest BCUT2D eigenvalue weighted by Crippen LogP contribution is -2.44. The van der Waals surface area contributed by atoms with Crippen LogP contribution in [0.2, 0.25) is 0 Å². The number of carbonyl (C=O) groups excluding carboxylic acids is 2. The second-order valence-electron chi connectivity index (χ2n) is 6.90. The van der Waals surface area contributed by atoms with Crippen LogP contribution in [-0.4, -0.2) is 39.2 Å². The van der Waals surface area contributed by atoms with Crippen molar-refractivity contribution in [3.8, 4) is 0 Å². The van der Waals surface area contributed by atoms with E-state index in [-0.39, 0.29) is 11.3 Å². The maximum absolute atomic E-state index is 13.3. The number of nitrogens with zero attached hydrogens (tertiary/aromatic N) is 3. The van der Waals surface area contributed by atoms with Gasteiger partial charge in [0.25, 0.3) is 17.2 Å². The first-order chi connectivity index (χ1) is 13.9. The number of Topliss-reactive ketones (excluding diaryl/α,β-unsaturated/α-hetero) is 1. The van der Waals surface area contributed by atoms with Gasteiger partial charge in [0.1, 0.15) is 0 Å².